The van der Waals surface area contributed by atoms with Crippen LogP contribution in [0.3, 0.4) is 0 Å². The molecule has 0 saturated carbocycles. The summed E-state index contributed by atoms with van der Waals surface area (Å²) >= 11 is 0. The molecule has 1 aliphatic carbocycles. The van der Waals surface area contributed by atoms with E-state index in [-0.39, 0.29) is 29.6 Å². The summed E-state index contributed by atoms with van der Waals surface area (Å²) in [7, 11) is 0. The molecule has 5 nitrogen and oxygen atoms in total. The SMILES string of the molecule is N#CC1=C(N)OC2=C(C(=O)C[C@H](c3ccco3)C2)[C@@H]1c1cccc(F)c1. The highest BCUT2D eigenvalue weighted by atomic mass is 19.1. The Balaban J connectivity index is 1.82. The largest absolute Gasteiger partial charge is 0.469 e. The van der Waals surface area contributed by atoms with Crippen molar-refractivity contribution in [2.45, 2.75) is 24.7 Å². The summed E-state index contributed by atoms with van der Waals surface area (Å²) in [6, 6.07) is 11.5. The van der Waals surface area contributed by atoms with Crippen LogP contribution in [-0.2, 0) is 9.53 Å². The van der Waals surface area contributed by atoms with Gasteiger partial charge in [0, 0.05) is 24.3 Å². The summed E-state index contributed by atoms with van der Waals surface area (Å²) in [6.45, 7) is 0. The molecule has 6 heteroatoms. The van der Waals surface area contributed by atoms with Crippen molar-refractivity contribution >= 4 is 5.78 Å². The third kappa shape index (κ3) is 2.58. The molecular formula is C20H15FN2O3. The number of carbonyl (C=O) groups is 1. The van der Waals surface area contributed by atoms with Crippen molar-refractivity contribution in [1.29, 1.82) is 5.26 Å². The molecule has 0 saturated heterocycles. The Bertz CT molecular complexity index is 983. The first-order valence-electron chi connectivity index (χ1n) is 8.21. The average molecular weight is 350 g/mol. The highest BCUT2D eigenvalue weighted by Crippen LogP contribution is 2.46. The lowest BCUT2D eigenvalue weighted by atomic mass is 9.74. The number of rotatable bonds is 2. The first kappa shape index (κ1) is 16.2. The Kier molecular flexibility index (Phi) is 3.85. The topological polar surface area (TPSA) is 89.3 Å². The molecular weight excluding hydrogens is 335 g/mol. The number of ketones is 1. The zero-order chi connectivity index (χ0) is 18.3. The number of nitrogens with zero attached hydrogens (tertiary/aromatic N) is 1. The van der Waals surface area contributed by atoms with E-state index in [1.807, 2.05) is 12.1 Å². The number of nitriles is 1. The molecule has 130 valence electrons. The summed E-state index contributed by atoms with van der Waals surface area (Å²) in [6.07, 6.45) is 2.23. The average Bonchev–Trinajstić information content (AvgIpc) is 3.15. The second kappa shape index (κ2) is 6.19. The predicted molar refractivity (Wildman–Crippen MR) is 89.8 cm³/mol. The third-order valence-electron chi connectivity index (χ3n) is 4.79. The Hall–Kier alpha value is -3.33. The zero-order valence-corrected chi connectivity index (χ0v) is 13.7. The first-order valence-corrected chi connectivity index (χ1v) is 8.21. The molecule has 2 heterocycles. The number of carbonyl (C=O) groups excluding carboxylic acids is 1. The van der Waals surface area contributed by atoms with Gasteiger partial charge in [-0.15, -0.1) is 0 Å². The van der Waals surface area contributed by atoms with Crippen molar-refractivity contribution in [3.63, 3.8) is 0 Å². The maximum Gasteiger partial charge on any atom is 0.205 e. The fraction of sp³-hybridized carbons (Fsp3) is 0.200. The Morgan fingerprint density at radius 3 is 2.77 bits per heavy atom. The normalized spacial score (nSPS) is 22.7. The fourth-order valence-corrected chi connectivity index (χ4v) is 3.65. The molecule has 1 aliphatic heterocycles. The van der Waals surface area contributed by atoms with Crippen molar-refractivity contribution in [2.75, 3.05) is 0 Å². The summed E-state index contributed by atoms with van der Waals surface area (Å²) in [5.74, 6) is -0.387. The molecule has 2 atom stereocenters. The lowest BCUT2D eigenvalue weighted by Gasteiger charge is -2.33. The lowest BCUT2D eigenvalue weighted by molar-refractivity contribution is -0.117. The van der Waals surface area contributed by atoms with Crippen LogP contribution in [0, 0.1) is 17.1 Å². The van der Waals surface area contributed by atoms with Gasteiger partial charge in [0.05, 0.1) is 12.2 Å². The highest BCUT2D eigenvalue weighted by Gasteiger charge is 2.41. The number of nitrogens with two attached hydrogens (primary N) is 1. The van der Waals surface area contributed by atoms with Gasteiger partial charge in [-0.1, -0.05) is 12.1 Å². The van der Waals surface area contributed by atoms with Crippen LogP contribution >= 0.6 is 0 Å². The van der Waals surface area contributed by atoms with Crippen LogP contribution in [0.1, 0.15) is 36.0 Å². The molecule has 0 unspecified atom stereocenters. The van der Waals surface area contributed by atoms with Gasteiger partial charge in [0.25, 0.3) is 0 Å². The van der Waals surface area contributed by atoms with E-state index in [9.17, 15) is 14.4 Å². The number of hydrogen-bond acceptors (Lipinski definition) is 5. The minimum Gasteiger partial charge on any atom is -0.469 e. The summed E-state index contributed by atoms with van der Waals surface area (Å²) < 4.78 is 24.8. The van der Waals surface area contributed by atoms with E-state index in [0.717, 1.165) is 0 Å². The molecule has 1 aromatic carbocycles. The van der Waals surface area contributed by atoms with Crippen LogP contribution in [0.2, 0.25) is 0 Å². The summed E-state index contributed by atoms with van der Waals surface area (Å²) in [5, 5.41) is 9.53. The van der Waals surface area contributed by atoms with Crippen LogP contribution in [0.4, 0.5) is 4.39 Å². The summed E-state index contributed by atoms with van der Waals surface area (Å²) in [4.78, 5) is 12.9. The highest BCUT2D eigenvalue weighted by molar-refractivity contribution is 6.00. The van der Waals surface area contributed by atoms with Crippen LogP contribution in [0.25, 0.3) is 0 Å². The van der Waals surface area contributed by atoms with Crippen LogP contribution in [0.5, 0.6) is 0 Å². The van der Waals surface area contributed by atoms with Gasteiger partial charge >= 0.3 is 0 Å². The molecule has 4 rings (SSSR count). The van der Waals surface area contributed by atoms with E-state index in [1.165, 1.54) is 12.1 Å². The van der Waals surface area contributed by atoms with Crippen molar-refractivity contribution in [1.82, 2.24) is 0 Å². The van der Waals surface area contributed by atoms with Crippen LogP contribution in [0.15, 0.2) is 69.9 Å². The smallest absolute Gasteiger partial charge is 0.205 e. The second-order valence-electron chi connectivity index (χ2n) is 6.36. The quantitative estimate of drug-likeness (QED) is 0.893. The fourth-order valence-electron chi connectivity index (χ4n) is 3.65. The molecule has 2 aliphatic rings. The molecule has 2 N–H and O–H groups in total. The maximum absolute atomic E-state index is 13.7. The van der Waals surface area contributed by atoms with E-state index < -0.39 is 11.7 Å². The van der Waals surface area contributed by atoms with Crippen molar-refractivity contribution in [3.05, 3.63) is 82.6 Å². The van der Waals surface area contributed by atoms with Gasteiger partial charge in [-0.05, 0) is 29.8 Å². The molecule has 0 bridgehead atoms. The predicted octanol–water partition coefficient (Wildman–Crippen LogP) is 3.63. The molecule has 0 amide bonds. The third-order valence-corrected chi connectivity index (χ3v) is 4.79. The van der Waals surface area contributed by atoms with Gasteiger partial charge in [0.1, 0.15) is 29.0 Å². The summed E-state index contributed by atoms with van der Waals surface area (Å²) in [5.41, 5.74) is 6.95. The van der Waals surface area contributed by atoms with E-state index in [4.69, 9.17) is 14.9 Å². The van der Waals surface area contributed by atoms with Crippen molar-refractivity contribution < 1.29 is 18.3 Å². The number of ether oxygens (including phenoxy) is 1. The Morgan fingerprint density at radius 2 is 2.08 bits per heavy atom. The maximum atomic E-state index is 13.7. The number of benzene rings is 1. The second-order valence-corrected chi connectivity index (χ2v) is 6.36. The van der Waals surface area contributed by atoms with Gasteiger partial charge in [-0.25, -0.2) is 4.39 Å². The first-order chi connectivity index (χ1) is 12.6. The van der Waals surface area contributed by atoms with Crippen molar-refractivity contribution in [3.8, 4) is 6.07 Å². The van der Waals surface area contributed by atoms with Gasteiger partial charge in [-0.3, -0.25) is 4.79 Å². The van der Waals surface area contributed by atoms with Crippen LogP contribution in [-0.4, -0.2) is 5.78 Å². The van der Waals surface area contributed by atoms with E-state index in [1.54, 1.807) is 24.5 Å². The van der Waals surface area contributed by atoms with E-state index in [0.29, 0.717) is 29.1 Å². The monoisotopic (exact) mass is 350 g/mol. The Morgan fingerprint density at radius 1 is 1.23 bits per heavy atom. The van der Waals surface area contributed by atoms with E-state index >= 15 is 0 Å². The number of halogens is 1. The lowest BCUT2D eigenvalue weighted by Crippen LogP contribution is -2.29. The van der Waals surface area contributed by atoms with Crippen LogP contribution < -0.4 is 5.73 Å². The molecule has 0 fully saturated rings. The van der Waals surface area contributed by atoms with Crippen molar-refractivity contribution in [2.24, 2.45) is 5.73 Å². The Labute approximate surface area is 149 Å². The standard InChI is InChI=1S/C20H15FN2O3/c21-13-4-1-3-11(7-13)18-14(10-22)20(23)26-17-9-12(8-15(24)19(17)18)16-5-2-6-25-16/h1-7,12,18H,8-9,23H2/t12-,18+/m0/s1. The zero-order valence-electron chi connectivity index (χ0n) is 13.7. The number of Topliss-reactive ketones (excluding diaryl/α,β-unsaturated/α-hetero) is 1. The molecule has 2 aromatic rings. The minimum absolute atomic E-state index is 0.0478. The minimum atomic E-state index is -0.718. The van der Waals surface area contributed by atoms with Gasteiger partial charge < -0.3 is 14.9 Å². The molecule has 0 spiro atoms. The number of furan rings is 1. The van der Waals surface area contributed by atoms with Gasteiger partial charge in [0.15, 0.2) is 5.78 Å². The number of hydrogen-bond donors (Lipinski definition) is 1. The molecule has 26 heavy (non-hydrogen) atoms. The number of allylic oxidation sites excluding steroid dienone is 3. The van der Waals surface area contributed by atoms with Gasteiger partial charge in [-0.2, -0.15) is 5.26 Å². The molecule has 0 radical (unpaired) electrons. The van der Waals surface area contributed by atoms with E-state index in [2.05, 4.69) is 0 Å². The van der Waals surface area contributed by atoms with Gasteiger partial charge in [0.2, 0.25) is 5.88 Å². The molecule has 1 aromatic heterocycles.